The van der Waals surface area contributed by atoms with E-state index in [9.17, 15) is 0 Å². The third-order valence-corrected chi connectivity index (χ3v) is 4.53. The minimum Gasteiger partial charge on any atom is -0.353 e. The molecule has 3 heterocycles. The summed E-state index contributed by atoms with van der Waals surface area (Å²) in [6.07, 6.45) is 3.32. The molecular formula is C13H13BrClN5. The molecular weight excluding hydrogens is 342 g/mol. The Hall–Kier alpha value is -1.40. The molecule has 0 radical (unpaired) electrons. The number of rotatable bonds is 2. The quantitative estimate of drug-likeness (QED) is 0.776. The Morgan fingerprint density at radius 1 is 1.00 bits per heavy atom. The molecule has 0 aliphatic carbocycles. The van der Waals surface area contributed by atoms with Crippen LogP contribution in [0, 0.1) is 0 Å². The average molecular weight is 355 g/mol. The summed E-state index contributed by atoms with van der Waals surface area (Å²) in [6.45, 7) is 3.57. The van der Waals surface area contributed by atoms with Crippen molar-refractivity contribution in [1.29, 1.82) is 0 Å². The van der Waals surface area contributed by atoms with Crippen molar-refractivity contribution >= 4 is 39.2 Å². The molecule has 104 valence electrons. The molecule has 0 spiro atoms. The van der Waals surface area contributed by atoms with E-state index < -0.39 is 0 Å². The standard InChI is InChI=1S/C13H13BrClN5/c14-11-12(15)17-9-18-13(11)20-7-5-19(6-8-20)10-3-1-2-4-16-10/h1-4,9H,5-8H2. The van der Waals surface area contributed by atoms with Crippen molar-refractivity contribution in [3.05, 3.63) is 40.3 Å². The summed E-state index contributed by atoms with van der Waals surface area (Å²) in [5, 5.41) is 0.446. The van der Waals surface area contributed by atoms with Gasteiger partial charge in [-0.25, -0.2) is 15.0 Å². The van der Waals surface area contributed by atoms with E-state index in [0.29, 0.717) is 5.15 Å². The first-order valence-corrected chi connectivity index (χ1v) is 7.50. The highest BCUT2D eigenvalue weighted by Gasteiger charge is 2.21. The normalized spacial score (nSPS) is 15.5. The lowest BCUT2D eigenvalue weighted by Crippen LogP contribution is -2.47. The summed E-state index contributed by atoms with van der Waals surface area (Å²) >= 11 is 9.46. The molecule has 7 heteroatoms. The molecule has 1 saturated heterocycles. The highest BCUT2D eigenvalue weighted by molar-refractivity contribution is 9.10. The zero-order valence-electron chi connectivity index (χ0n) is 10.7. The minimum atomic E-state index is 0.446. The summed E-state index contributed by atoms with van der Waals surface area (Å²) in [5.74, 6) is 1.87. The zero-order chi connectivity index (χ0) is 13.9. The van der Waals surface area contributed by atoms with Gasteiger partial charge in [0.1, 0.15) is 23.1 Å². The topological polar surface area (TPSA) is 45.2 Å². The summed E-state index contributed by atoms with van der Waals surface area (Å²) in [6, 6.07) is 5.97. The summed E-state index contributed by atoms with van der Waals surface area (Å²) in [7, 11) is 0. The molecule has 20 heavy (non-hydrogen) atoms. The van der Waals surface area contributed by atoms with Gasteiger partial charge in [-0.05, 0) is 28.1 Å². The van der Waals surface area contributed by atoms with Gasteiger partial charge in [0.2, 0.25) is 0 Å². The monoisotopic (exact) mass is 353 g/mol. The van der Waals surface area contributed by atoms with E-state index in [1.54, 1.807) is 0 Å². The lowest BCUT2D eigenvalue weighted by atomic mass is 10.3. The number of piperazine rings is 1. The van der Waals surface area contributed by atoms with E-state index in [1.165, 1.54) is 6.33 Å². The summed E-state index contributed by atoms with van der Waals surface area (Å²) in [5.41, 5.74) is 0. The van der Waals surface area contributed by atoms with Gasteiger partial charge in [0, 0.05) is 32.4 Å². The van der Waals surface area contributed by atoms with Crippen LogP contribution in [-0.2, 0) is 0 Å². The highest BCUT2D eigenvalue weighted by atomic mass is 79.9. The largest absolute Gasteiger partial charge is 0.353 e. The Morgan fingerprint density at radius 3 is 2.45 bits per heavy atom. The molecule has 3 rings (SSSR count). The maximum atomic E-state index is 6.01. The fraction of sp³-hybridized carbons (Fsp3) is 0.308. The maximum Gasteiger partial charge on any atom is 0.148 e. The van der Waals surface area contributed by atoms with Gasteiger partial charge in [0.15, 0.2) is 0 Å². The van der Waals surface area contributed by atoms with E-state index in [2.05, 4.69) is 40.7 Å². The van der Waals surface area contributed by atoms with Crippen LogP contribution in [0.15, 0.2) is 35.2 Å². The number of nitrogens with zero attached hydrogens (tertiary/aromatic N) is 5. The van der Waals surface area contributed by atoms with Gasteiger partial charge in [0.25, 0.3) is 0 Å². The third kappa shape index (κ3) is 2.71. The van der Waals surface area contributed by atoms with Crippen LogP contribution >= 0.6 is 27.5 Å². The van der Waals surface area contributed by atoms with Crippen molar-refractivity contribution < 1.29 is 0 Å². The number of pyridine rings is 1. The molecule has 0 amide bonds. The lowest BCUT2D eigenvalue weighted by Gasteiger charge is -2.36. The van der Waals surface area contributed by atoms with Crippen LogP contribution in [0.3, 0.4) is 0 Å². The molecule has 2 aromatic rings. The molecule has 0 atom stereocenters. The smallest absolute Gasteiger partial charge is 0.148 e. The van der Waals surface area contributed by atoms with Gasteiger partial charge >= 0.3 is 0 Å². The first-order chi connectivity index (χ1) is 9.75. The zero-order valence-corrected chi connectivity index (χ0v) is 13.0. The van der Waals surface area contributed by atoms with E-state index in [-0.39, 0.29) is 0 Å². The summed E-state index contributed by atoms with van der Waals surface area (Å²) < 4.78 is 0.757. The molecule has 0 aromatic carbocycles. The van der Waals surface area contributed by atoms with E-state index in [1.807, 2.05) is 24.4 Å². The average Bonchev–Trinajstić information content (AvgIpc) is 2.51. The molecule has 1 fully saturated rings. The van der Waals surface area contributed by atoms with Gasteiger partial charge in [-0.1, -0.05) is 17.7 Å². The Balaban J connectivity index is 1.71. The van der Waals surface area contributed by atoms with Gasteiger partial charge in [-0.15, -0.1) is 0 Å². The summed E-state index contributed by atoms with van der Waals surface area (Å²) in [4.78, 5) is 17.1. The van der Waals surface area contributed by atoms with Gasteiger partial charge in [-0.2, -0.15) is 0 Å². The second kappa shape index (κ2) is 5.93. The molecule has 0 bridgehead atoms. The van der Waals surface area contributed by atoms with Crippen molar-refractivity contribution in [3.63, 3.8) is 0 Å². The number of halogens is 2. The fourth-order valence-electron chi connectivity index (χ4n) is 2.25. The Morgan fingerprint density at radius 2 is 1.75 bits per heavy atom. The Bertz CT molecular complexity index is 587. The van der Waals surface area contributed by atoms with Crippen LogP contribution in [0.1, 0.15) is 0 Å². The van der Waals surface area contributed by atoms with Crippen molar-refractivity contribution in [1.82, 2.24) is 15.0 Å². The molecule has 1 aliphatic heterocycles. The molecule has 2 aromatic heterocycles. The van der Waals surface area contributed by atoms with Crippen LogP contribution in [0.2, 0.25) is 5.15 Å². The fourth-order valence-corrected chi connectivity index (χ4v) is 2.83. The van der Waals surface area contributed by atoms with Crippen molar-refractivity contribution in [2.75, 3.05) is 36.0 Å². The first-order valence-electron chi connectivity index (χ1n) is 6.32. The Labute approximate surface area is 130 Å². The van der Waals surface area contributed by atoms with Crippen molar-refractivity contribution in [2.45, 2.75) is 0 Å². The first kappa shape index (κ1) is 13.6. The third-order valence-electron chi connectivity index (χ3n) is 3.28. The van der Waals surface area contributed by atoms with Gasteiger partial charge in [-0.3, -0.25) is 0 Å². The second-order valence-corrected chi connectivity index (χ2v) is 5.62. The molecule has 0 N–H and O–H groups in total. The number of hydrogen-bond acceptors (Lipinski definition) is 5. The molecule has 5 nitrogen and oxygen atoms in total. The Kier molecular flexibility index (Phi) is 4.03. The predicted molar refractivity (Wildman–Crippen MR) is 83.4 cm³/mol. The maximum absolute atomic E-state index is 6.01. The molecule has 0 saturated carbocycles. The van der Waals surface area contributed by atoms with Gasteiger partial charge < -0.3 is 9.80 Å². The minimum absolute atomic E-state index is 0.446. The van der Waals surface area contributed by atoms with Crippen molar-refractivity contribution in [2.24, 2.45) is 0 Å². The van der Waals surface area contributed by atoms with E-state index >= 15 is 0 Å². The van der Waals surface area contributed by atoms with E-state index in [4.69, 9.17) is 11.6 Å². The van der Waals surface area contributed by atoms with E-state index in [0.717, 1.165) is 42.3 Å². The van der Waals surface area contributed by atoms with Crippen LogP contribution < -0.4 is 9.80 Å². The number of anilines is 2. The second-order valence-electron chi connectivity index (χ2n) is 4.46. The SMILES string of the molecule is Clc1ncnc(N2CCN(c3ccccn3)CC2)c1Br. The highest BCUT2D eigenvalue weighted by Crippen LogP contribution is 2.29. The van der Waals surface area contributed by atoms with Crippen LogP contribution in [0.25, 0.3) is 0 Å². The lowest BCUT2D eigenvalue weighted by molar-refractivity contribution is 0.640. The number of aromatic nitrogens is 3. The van der Waals surface area contributed by atoms with Crippen LogP contribution in [-0.4, -0.2) is 41.1 Å². The predicted octanol–water partition coefficient (Wildman–Crippen LogP) is 2.61. The van der Waals surface area contributed by atoms with Crippen LogP contribution in [0.4, 0.5) is 11.6 Å². The molecule has 0 unspecified atom stereocenters. The van der Waals surface area contributed by atoms with Crippen molar-refractivity contribution in [3.8, 4) is 0 Å². The molecule has 1 aliphatic rings. The van der Waals surface area contributed by atoms with Crippen LogP contribution in [0.5, 0.6) is 0 Å². The number of hydrogen-bond donors (Lipinski definition) is 0. The van der Waals surface area contributed by atoms with Gasteiger partial charge in [0.05, 0.1) is 4.47 Å².